The van der Waals surface area contributed by atoms with E-state index in [4.69, 9.17) is 9.47 Å². The highest BCUT2D eigenvalue weighted by atomic mass is 16.5. The van der Waals surface area contributed by atoms with Crippen molar-refractivity contribution in [3.63, 3.8) is 0 Å². The molecular weight excluding hydrogens is 254 g/mol. The highest BCUT2D eigenvalue weighted by Gasteiger charge is 2.08. The maximum absolute atomic E-state index is 5.61. The van der Waals surface area contributed by atoms with E-state index in [0.29, 0.717) is 13.2 Å². The lowest BCUT2D eigenvalue weighted by molar-refractivity contribution is 0.288. The van der Waals surface area contributed by atoms with E-state index in [1.807, 2.05) is 51.2 Å². The molecule has 0 spiro atoms. The molecule has 0 unspecified atom stereocenters. The average Bonchev–Trinajstić information content (AvgIpc) is 2.50. The molecule has 2 rings (SSSR count). The molecule has 1 N–H and O–H groups in total. The van der Waals surface area contributed by atoms with Gasteiger partial charge in [-0.2, -0.15) is 0 Å². The number of nitrogens with one attached hydrogen (secondary N) is 1. The summed E-state index contributed by atoms with van der Waals surface area (Å²) in [6.07, 6.45) is 0. The summed E-state index contributed by atoms with van der Waals surface area (Å²) < 4.78 is 11.2. The van der Waals surface area contributed by atoms with E-state index in [-0.39, 0.29) is 0 Å². The number of ether oxygens (including phenoxy) is 2. The van der Waals surface area contributed by atoms with Crippen molar-refractivity contribution < 1.29 is 9.47 Å². The zero-order chi connectivity index (χ0) is 14.4. The van der Waals surface area contributed by atoms with Crippen molar-refractivity contribution in [3.05, 3.63) is 30.3 Å². The minimum atomic E-state index is 0.591. The highest BCUT2D eigenvalue weighted by Crippen LogP contribution is 2.32. The van der Waals surface area contributed by atoms with Crippen LogP contribution in [0.5, 0.6) is 11.5 Å². The first kappa shape index (κ1) is 14.1. The molecule has 1 heterocycles. The molecule has 1 aromatic carbocycles. The van der Waals surface area contributed by atoms with Gasteiger partial charge in [0, 0.05) is 12.6 Å². The summed E-state index contributed by atoms with van der Waals surface area (Å²) in [5.41, 5.74) is 1.75. The predicted molar refractivity (Wildman–Crippen MR) is 79.4 cm³/mol. The largest absolute Gasteiger partial charge is 0.490 e. The fraction of sp³-hybridized carbons (Fsp3) is 0.333. The van der Waals surface area contributed by atoms with Crippen LogP contribution < -0.4 is 14.8 Å². The van der Waals surface area contributed by atoms with E-state index >= 15 is 0 Å². The van der Waals surface area contributed by atoms with Crippen LogP contribution in [0.1, 0.15) is 13.8 Å². The summed E-state index contributed by atoms with van der Waals surface area (Å²) >= 11 is 0. The third-order valence-corrected chi connectivity index (χ3v) is 2.76. The highest BCUT2D eigenvalue weighted by molar-refractivity contribution is 5.64. The fourth-order valence-corrected chi connectivity index (χ4v) is 1.83. The molecule has 0 saturated carbocycles. The molecule has 0 aliphatic heterocycles. The molecule has 0 saturated heterocycles. The van der Waals surface area contributed by atoms with E-state index in [1.54, 1.807) is 0 Å². The van der Waals surface area contributed by atoms with E-state index < -0.39 is 0 Å². The van der Waals surface area contributed by atoms with Gasteiger partial charge >= 0.3 is 0 Å². The topological polar surface area (TPSA) is 56.3 Å². The van der Waals surface area contributed by atoms with Crippen LogP contribution in [0.25, 0.3) is 11.3 Å². The first-order chi connectivity index (χ1) is 9.78. The van der Waals surface area contributed by atoms with Crippen molar-refractivity contribution in [1.82, 2.24) is 10.2 Å². The molecule has 0 aliphatic rings. The SMILES string of the molecule is CCOc1ccc(-c2ccc(NC)nn2)cc1OCC. The van der Waals surface area contributed by atoms with Crippen LogP contribution in [-0.2, 0) is 0 Å². The Balaban J connectivity index is 2.33. The van der Waals surface area contributed by atoms with Crippen molar-refractivity contribution in [2.75, 3.05) is 25.6 Å². The Morgan fingerprint density at radius 1 is 0.950 bits per heavy atom. The number of hydrogen-bond acceptors (Lipinski definition) is 5. The van der Waals surface area contributed by atoms with E-state index in [0.717, 1.165) is 28.6 Å². The summed E-state index contributed by atoms with van der Waals surface area (Å²) in [6.45, 7) is 5.10. The number of rotatable bonds is 6. The molecule has 20 heavy (non-hydrogen) atoms. The molecule has 0 radical (unpaired) electrons. The zero-order valence-electron chi connectivity index (χ0n) is 12.0. The molecule has 0 bridgehead atoms. The van der Waals surface area contributed by atoms with Crippen molar-refractivity contribution in [3.8, 4) is 22.8 Å². The number of aromatic nitrogens is 2. The summed E-state index contributed by atoms with van der Waals surface area (Å²) in [6, 6.07) is 9.59. The van der Waals surface area contributed by atoms with Gasteiger partial charge in [0.2, 0.25) is 0 Å². The molecular formula is C15H19N3O2. The smallest absolute Gasteiger partial charge is 0.161 e. The van der Waals surface area contributed by atoms with E-state index in [9.17, 15) is 0 Å². The normalized spacial score (nSPS) is 10.2. The lowest BCUT2D eigenvalue weighted by atomic mass is 10.1. The quantitative estimate of drug-likeness (QED) is 0.876. The van der Waals surface area contributed by atoms with E-state index in [2.05, 4.69) is 15.5 Å². The monoisotopic (exact) mass is 273 g/mol. The zero-order valence-corrected chi connectivity index (χ0v) is 12.0. The Kier molecular flexibility index (Phi) is 4.76. The van der Waals surface area contributed by atoms with Gasteiger partial charge in [-0.3, -0.25) is 0 Å². The molecule has 1 aromatic heterocycles. The minimum absolute atomic E-state index is 0.591. The third kappa shape index (κ3) is 3.17. The van der Waals surface area contributed by atoms with Gasteiger partial charge in [-0.25, -0.2) is 0 Å². The van der Waals surface area contributed by atoms with Crippen molar-refractivity contribution in [2.45, 2.75) is 13.8 Å². The molecule has 5 nitrogen and oxygen atoms in total. The van der Waals surface area contributed by atoms with Crippen molar-refractivity contribution in [1.29, 1.82) is 0 Å². The number of nitrogens with zero attached hydrogens (tertiary/aromatic N) is 2. The van der Waals surface area contributed by atoms with Crippen LogP contribution in [0, 0.1) is 0 Å². The molecule has 106 valence electrons. The van der Waals surface area contributed by atoms with Crippen LogP contribution in [0.4, 0.5) is 5.82 Å². The second-order valence-corrected chi connectivity index (χ2v) is 4.08. The lowest BCUT2D eigenvalue weighted by Crippen LogP contribution is -1.99. The Morgan fingerprint density at radius 2 is 1.70 bits per heavy atom. The molecule has 0 atom stereocenters. The molecule has 0 fully saturated rings. The first-order valence-electron chi connectivity index (χ1n) is 6.70. The molecule has 2 aromatic rings. The Labute approximate surface area is 118 Å². The van der Waals surface area contributed by atoms with Gasteiger partial charge in [0.25, 0.3) is 0 Å². The van der Waals surface area contributed by atoms with Crippen LogP contribution >= 0.6 is 0 Å². The van der Waals surface area contributed by atoms with Crippen molar-refractivity contribution >= 4 is 5.82 Å². The molecule has 0 aliphatic carbocycles. The average molecular weight is 273 g/mol. The maximum Gasteiger partial charge on any atom is 0.161 e. The second kappa shape index (κ2) is 6.75. The van der Waals surface area contributed by atoms with Gasteiger partial charge in [0.05, 0.1) is 18.9 Å². The predicted octanol–water partition coefficient (Wildman–Crippen LogP) is 2.98. The van der Waals surface area contributed by atoms with Gasteiger partial charge in [-0.1, -0.05) is 0 Å². The maximum atomic E-state index is 5.61. The Morgan fingerprint density at radius 3 is 2.30 bits per heavy atom. The lowest BCUT2D eigenvalue weighted by Gasteiger charge is -2.12. The van der Waals surface area contributed by atoms with Crippen molar-refractivity contribution in [2.24, 2.45) is 0 Å². The molecule has 0 amide bonds. The third-order valence-electron chi connectivity index (χ3n) is 2.76. The van der Waals surface area contributed by atoms with Crippen LogP contribution in [0.3, 0.4) is 0 Å². The van der Waals surface area contributed by atoms with Crippen LogP contribution in [0.2, 0.25) is 0 Å². The summed E-state index contributed by atoms with van der Waals surface area (Å²) in [5, 5.41) is 11.2. The van der Waals surface area contributed by atoms with Crippen LogP contribution in [0.15, 0.2) is 30.3 Å². The van der Waals surface area contributed by atoms with Gasteiger partial charge < -0.3 is 14.8 Å². The number of benzene rings is 1. The minimum Gasteiger partial charge on any atom is -0.490 e. The fourth-order valence-electron chi connectivity index (χ4n) is 1.83. The van der Waals surface area contributed by atoms with Gasteiger partial charge in [-0.05, 0) is 44.2 Å². The van der Waals surface area contributed by atoms with Crippen LogP contribution in [-0.4, -0.2) is 30.5 Å². The number of hydrogen-bond donors (Lipinski definition) is 1. The summed E-state index contributed by atoms with van der Waals surface area (Å²) in [5.74, 6) is 2.22. The number of anilines is 1. The van der Waals surface area contributed by atoms with E-state index in [1.165, 1.54) is 0 Å². The summed E-state index contributed by atoms with van der Waals surface area (Å²) in [4.78, 5) is 0. The Bertz CT molecular complexity index is 556. The standard InChI is InChI=1S/C15H19N3O2/c1-4-19-13-8-6-11(10-14(13)20-5-2)12-7-9-15(16-3)18-17-12/h6-10H,4-5H2,1-3H3,(H,16,18). The first-order valence-corrected chi connectivity index (χ1v) is 6.70. The summed E-state index contributed by atoms with van der Waals surface area (Å²) in [7, 11) is 1.81. The molecule has 5 heteroatoms. The Hall–Kier alpha value is -2.30. The van der Waals surface area contributed by atoms with Gasteiger partial charge in [0.15, 0.2) is 11.5 Å². The second-order valence-electron chi connectivity index (χ2n) is 4.08. The van der Waals surface area contributed by atoms with Gasteiger partial charge in [-0.15, -0.1) is 10.2 Å². The van der Waals surface area contributed by atoms with Gasteiger partial charge in [0.1, 0.15) is 5.82 Å².